The van der Waals surface area contributed by atoms with Crippen molar-refractivity contribution in [2.45, 2.75) is 12.8 Å². The number of anilines is 1. The minimum absolute atomic E-state index is 0.0581. The third-order valence-electron chi connectivity index (χ3n) is 3.28. The monoisotopic (exact) mass is 355 g/mol. The number of oxazole rings is 1. The Morgan fingerprint density at radius 2 is 2.16 bits per heavy atom. The number of benzene rings is 1. The molecule has 3 rings (SSSR count). The summed E-state index contributed by atoms with van der Waals surface area (Å²) in [4.78, 5) is 27.8. The number of carbonyl (C=O) groups excluding carboxylic acids is 2. The number of nitriles is 1. The molecule has 0 fully saturated rings. The molecule has 0 unspecified atom stereocenters. The van der Waals surface area contributed by atoms with Crippen molar-refractivity contribution < 1.29 is 18.7 Å². The molecule has 7 nitrogen and oxygen atoms in total. The molecule has 1 amide bonds. The molecule has 0 radical (unpaired) electrons. The van der Waals surface area contributed by atoms with Crippen molar-refractivity contribution in [3.05, 3.63) is 47.2 Å². The SMILES string of the molecule is N#Cc1ccsc1NC(=O)COC(=O)CCc1nc2ccccc2o1. The molecule has 126 valence electrons. The van der Waals surface area contributed by atoms with E-state index in [1.54, 1.807) is 17.5 Å². The van der Waals surface area contributed by atoms with E-state index < -0.39 is 18.5 Å². The van der Waals surface area contributed by atoms with Crippen molar-refractivity contribution in [3.63, 3.8) is 0 Å². The van der Waals surface area contributed by atoms with E-state index in [0.29, 0.717) is 28.5 Å². The summed E-state index contributed by atoms with van der Waals surface area (Å²) in [5.41, 5.74) is 1.77. The molecule has 0 aliphatic carbocycles. The molecule has 2 aromatic heterocycles. The van der Waals surface area contributed by atoms with Gasteiger partial charge in [0.05, 0.1) is 12.0 Å². The summed E-state index contributed by atoms with van der Waals surface area (Å²) in [5.74, 6) is -0.571. The Hall–Kier alpha value is -3.18. The maximum atomic E-state index is 11.8. The van der Waals surface area contributed by atoms with Crippen molar-refractivity contribution in [3.8, 4) is 6.07 Å². The van der Waals surface area contributed by atoms with Crippen LogP contribution < -0.4 is 5.32 Å². The van der Waals surface area contributed by atoms with E-state index in [2.05, 4.69) is 10.3 Å². The first-order valence-corrected chi connectivity index (χ1v) is 8.31. The van der Waals surface area contributed by atoms with Crippen LogP contribution in [0.4, 0.5) is 5.00 Å². The Morgan fingerprint density at radius 3 is 2.96 bits per heavy atom. The highest BCUT2D eigenvalue weighted by Gasteiger charge is 2.13. The largest absolute Gasteiger partial charge is 0.456 e. The van der Waals surface area contributed by atoms with Crippen molar-refractivity contribution in [2.75, 3.05) is 11.9 Å². The predicted molar refractivity (Wildman–Crippen MR) is 91.0 cm³/mol. The second-order valence-electron chi connectivity index (χ2n) is 5.06. The number of para-hydroxylation sites is 2. The highest BCUT2D eigenvalue weighted by Crippen LogP contribution is 2.21. The molecule has 0 aliphatic rings. The first-order chi connectivity index (χ1) is 12.2. The number of esters is 1. The summed E-state index contributed by atoms with van der Waals surface area (Å²) in [7, 11) is 0. The van der Waals surface area contributed by atoms with E-state index in [9.17, 15) is 9.59 Å². The molecule has 2 heterocycles. The molecule has 0 atom stereocenters. The number of nitrogens with zero attached hydrogens (tertiary/aromatic N) is 2. The zero-order chi connectivity index (χ0) is 17.6. The van der Waals surface area contributed by atoms with Gasteiger partial charge in [0.1, 0.15) is 16.6 Å². The fourth-order valence-corrected chi connectivity index (χ4v) is 2.86. The highest BCUT2D eigenvalue weighted by atomic mass is 32.1. The standard InChI is InChI=1S/C17H13N3O4S/c18-9-11-7-8-25-17(11)20-14(21)10-23-16(22)6-5-15-19-12-3-1-2-4-13(12)24-15/h1-4,7-8H,5-6,10H2,(H,20,21). The first kappa shape index (κ1) is 16.7. The second kappa shape index (κ2) is 7.59. The van der Waals surface area contributed by atoms with Gasteiger partial charge in [0.25, 0.3) is 5.91 Å². The minimum Gasteiger partial charge on any atom is -0.456 e. The van der Waals surface area contributed by atoms with E-state index in [-0.39, 0.29) is 6.42 Å². The van der Waals surface area contributed by atoms with Crippen LogP contribution in [-0.4, -0.2) is 23.5 Å². The number of rotatable bonds is 6. The van der Waals surface area contributed by atoms with Gasteiger partial charge < -0.3 is 14.5 Å². The molecule has 8 heteroatoms. The number of hydrogen-bond donors (Lipinski definition) is 1. The van der Waals surface area contributed by atoms with Crippen LogP contribution in [0.15, 0.2) is 40.1 Å². The van der Waals surface area contributed by atoms with Gasteiger partial charge in [0.15, 0.2) is 18.1 Å². The number of aromatic nitrogens is 1. The molecule has 0 spiro atoms. The van der Waals surface area contributed by atoms with Crippen LogP contribution in [0, 0.1) is 11.3 Å². The number of amides is 1. The fraction of sp³-hybridized carbons (Fsp3) is 0.176. The van der Waals surface area contributed by atoms with Gasteiger partial charge in [-0.15, -0.1) is 11.3 Å². The molecular weight excluding hydrogens is 342 g/mol. The Bertz CT molecular complexity index is 921. The maximum absolute atomic E-state index is 11.8. The van der Waals surface area contributed by atoms with E-state index in [0.717, 1.165) is 5.52 Å². The topological polar surface area (TPSA) is 105 Å². The van der Waals surface area contributed by atoms with Gasteiger partial charge in [0, 0.05) is 6.42 Å². The Morgan fingerprint density at radius 1 is 1.32 bits per heavy atom. The molecule has 1 N–H and O–H groups in total. The summed E-state index contributed by atoms with van der Waals surface area (Å²) in [6.45, 7) is -0.408. The number of ether oxygens (including phenoxy) is 1. The van der Waals surface area contributed by atoms with Crippen molar-refractivity contribution in [1.82, 2.24) is 4.98 Å². The lowest BCUT2D eigenvalue weighted by Gasteiger charge is -2.04. The van der Waals surface area contributed by atoms with Crippen molar-refractivity contribution in [1.29, 1.82) is 5.26 Å². The molecule has 0 saturated heterocycles. The van der Waals surface area contributed by atoms with Gasteiger partial charge in [-0.2, -0.15) is 5.26 Å². The zero-order valence-electron chi connectivity index (χ0n) is 13.0. The summed E-state index contributed by atoms with van der Waals surface area (Å²) >= 11 is 1.23. The summed E-state index contributed by atoms with van der Waals surface area (Å²) < 4.78 is 10.4. The Kier molecular flexibility index (Phi) is 5.06. The zero-order valence-corrected chi connectivity index (χ0v) is 13.8. The fourth-order valence-electron chi connectivity index (χ4n) is 2.11. The van der Waals surface area contributed by atoms with E-state index in [1.807, 2.05) is 24.3 Å². The summed E-state index contributed by atoms with van der Waals surface area (Å²) in [5, 5.41) is 13.5. The maximum Gasteiger partial charge on any atom is 0.306 e. The van der Waals surface area contributed by atoms with Crippen LogP contribution in [0.5, 0.6) is 0 Å². The van der Waals surface area contributed by atoms with Gasteiger partial charge in [0.2, 0.25) is 0 Å². The van der Waals surface area contributed by atoms with E-state index >= 15 is 0 Å². The van der Waals surface area contributed by atoms with E-state index in [1.165, 1.54) is 11.3 Å². The molecule has 1 aromatic carbocycles. The molecule has 0 aliphatic heterocycles. The van der Waals surface area contributed by atoms with Gasteiger partial charge in [-0.1, -0.05) is 12.1 Å². The lowest BCUT2D eigenvalue weighted by Crippen LogP contribution is -2.20. The quantitative estimate of drug-likeness (QED) is 0.682. The van der Waals surface area contributed by atoms with E-state index in [4.69, 9.17) is 14.4 Å². The van der Waals surface area contributed by atoms with Crippen LogP contribution >= 0.6 is 11.3 Å². The third kappa shape index (κ3) is 4.22. The highest BCUT2D eigenvalue weighted by molar-refractivity contribution is 7.14. The lowest BCUT2D eigenvalue weighted by molar-refractivity contribution is -0.147. The van der Waals surface area contributed by atoms with Crippen LogP contribution in [-0.2, 0) is 20.7 Å². The van der Waals surface area contributed by atoms with Gasteiger partial charge in [-0.05, 0) is 23.6 Å². The number of thiophene rings is 1. The number of nitrogens with one attached hydrogen (secondary N) is 1. The minimum atomic E-state index is -0.524. The molecule has 0 saturated carbocycles. The van der Waals surface area contributed by atoms with Crippen LogP contribution in [0.2, 0.25) is 0 Å². The second-order valence-corrected chi connectivity index (χ2v) is 5.98. The average molecular weight is 355 g/mol. The Balaban J connectivity index is 1.45. The predicted octanol–water partition coefficient (Wildman–Crippen LogP) is 2.88. The molecule has 3 aromatic rings. The third-order valence-corrected chi connectivity index (χ3v) is 4.11. The smallest absolute Gasteiger partial charge is 0.306 e. The van der Waals surface area contributed by atoms with Crippen molar-refractivity contribution in [2.24, 2.45) is 0 Å². The van der Waals surface area contributed by atoms with Gasteiger partial charge in [-0.3, -0.25) is 9.59 Å². The number of fused-ring (bicyclic) bond motifs is 1. The summed E-state index contributed by atoms with van der Waals surface area (Å²) in [6.07, 6.45) is 0.348. The normalized spacial score (nSPS) is 10.4. The number of carbonyl (C=O) groups is 2. The van der Waals surface area contributed by atoms with Crippen LogP contribution in [0.1, 0.15) is 17.9 Å². The van der Waals surface area contributed by atoms with Gasteiger partial charge >= 0.3 is 5.97 Å². The Labute approximate surface area is 146 Å². The molecule has 25 heavy (non-hydrogen) atoms. The number of hydrogen-bond acceptors (Lipinski definition) is 7. The molecular formula is C17H13N3O4S. The lowest BCUT2D eigenvalue weighted by atomic mass is 10.3. The van der Waals surface area contributed by atoms with Crippen LogP contribution in [0.3, 0.4) is 0 Å². The summed E-state index contributed by atoms with van der Waals surface area (Å²) in [6, 6.07) is 10.9. The number of aryl methyl sites for hydroxylation is 1. The van der Waals surface area contributed by atoms with Crippen molar-refractivity contribution >= 4 is 39.3 Å². The molecule has 0 bridgehead atoms. The van der Waals surface area contributed by atoms with Crippen LogP contribution in [0.25, 0.3) is 11.1 Å². The average Bonchev–Trinajstić information content (AvgIpc) is 3.23. The first-order valence-electron chi connectivity index (χ1n) is 7.43. The van der Waals surface area contributed by atoms with Gasteiger partial charge in [-0.25, -0.2) is 4.98 Å².